The van der Waals surface area contributed by atoms with Gasteiger partial charge in [-0.05, 0) is 42.1 Å². The first-order valence-corrected chi connectivity index (χ1v) is 8.65. The molecular formula is C17H22N10O2. The molecule has 0 aliphatic heterocycles. The molecule has 0 saturated carbocycles. The number of anilines is 2. The van der Waals surface area contributed by atoms with Gasteiger partial charge in [0.15, 0.2) is 5.69 Å². The number of hydrazone groups is 1. The quantitative estimate of drug-likeness (QED) is 0.419. The number of carbonyl (C=O) groups excluding carboxylic acids is 1. The van der Waals surface area contributed by atoms with Crippen LogP contribution in [0.25, 0.3) is 5.82 Å². The van der Waals surface area contributed by atoms with Crippen LogP contribution < -0.4 is 16.1 Å². The molecule has 1 amide bonds. The number of nitrogen functional groups attached to an aromatic ring is 1. The monoisotopic (exact) mass is 398 g/mol. The third-order valence-corrected chi connectivity index (χ3v) is 3.93. The molecule has 1 aromatic carbocycles. The number of aromatic nitrogens is 5. The van der Waals surface area contributed by atoms with E-state index in [1.165, 1.54) is 4.68 Å². The van der Waals surface area contributed by atoms with E-state index >= 15 is 0 Å². The van der Waals surface area contributed by atoms with Crippen LogP contribution >= 0.6 is 0 Å². The van der Waals surface area contributed by atoms with E-state index in [-0.39, 0.29) is 17.3 Å². The Morgan fingerprint density at radius 2 is 1.97 bits per heavy atom. The number of amides is 1. The Morgan fingerprint density at radius 3 is 2.55 bits per heavy atom. The van der Waals surface area contributed by atoms with Crippen LogP contribution in [0.15, 0.2) is 34.0 Å². The van der Waals surface area contributed by atoms with Crippen LogP contribution in [0.4, 0.5) is 11.5 Å². The van der Waals surface area contributed by atoms with Crippen molar-refractivity contribution in [3.8, 4) is 5.82 Å². The molecule has 3 N–H and O–H groups in total. The fourth-order valence-corrected chi connectivity index (χ4v) is 2.50. The molecule has 12 heteroatoms. The topological polar surface area (TPSA) is 144 Å². The molecule has 0 radical (unpaired) electrons. The zero-order valence-electron chi connectivity index (χ0n) is 16.6. The highest BCUT2D eigenvalue weighted by molar-refractivity contribution is 5.94. The van der Waals surface area contributed by atoms with Gasteiger partial charge in [0.2, 0.25) is 11.6 Å². The number of nitrogens with one attached hydrogen (secondary N) is 1. The van der Waals surface area contributed by atoms with Crippen molar-refractivity contribution in [2.24, 2.45) is 5.10 Å². The van der Waals surface area contributed by atoms with E-state index in [4.69, 9.17) is 5.73 Å². The number of hydrogen-bond donors (Lipinski definition) is 2. The van der Waals surface area contributed by atoms with Gasteiger partial charge in [-0.1, -0.05) is 17.3 Å². The molecule has 0 fully saturated rings. The molecule has 0 atom stereocenters. The van der Waals surface area contributed by atoms with Gasteiger partial charge in [0.25, 0.3) is 5.91 Å². The minimum atomic E-state index is -0.510. The van der Waals surface area contributed by atoms with Gasteiger partial charge in [0, 0.05) is 26.3 Å². The maximum absolute atomic E-state index is 12.6. The number of carbonyl (C=O) groups is 1. The summed E-state index contributed by atoms with van der Waals surface area (Å²) in [5.41, 5.74) is 10.7. The fraction of sp³-hybridized carbons (Fsp3) is 0.294. The van der Waals surface area contributed by atoms with Gasteiger partial charge < -0.3 is 15.5 Å². The second-order valence-electron chi connectivity index (χ2n) is 6.69. The lowest BCUT2D eigenvalue weighted by atomic mass is 10.2. The van der Waals surface area contributed by atoms with Crippen LogP contribution in [0.1, 0.15) is 21.7 Å². The van der Waals surface area contributed by atoms with E-state index in [2.05, 4.69) is 35.8 Å². The molecule has 0 spiro atoms. The zero-order chi connectivity index (χ0) is 21.0. The van der Waals surface area contributed by atoms with Crippen LogP contribution in [-0.2, 0) is 6.54 Å². The van der Waals surface area contributed by atoms with E-state index in [9.17, 15) is 4.79 Å². The smallest absolute Gasteiger partial charge is 0.293 e. The highest BCUT2D eigenvalue weighted by Crippen LogP contribution is 2.17. The summed E-state index contributed by atoms with van der Waals surface area (Å²) in [7, 11) is 7.62. The first-order chi connectivity index (χ1) is 13.9. The number of rotatable bonds is 7. The summed E-state index contributed by atoms with van der Waals surface area (Å²) in [5.74, 6) is -0.303. The number of benzene rings is 1. The maximum Gasteiger partial charge on any atom is 0.293 e. The average molecular weight is 398 g/mol. The van der Waals surface area contributed by atoms with Gasteiger partial charge in [0.1, 0.15) is 0 Å². The summed E-state index contributed by atoms with van der Waals surface area (Å²) < 4.78 is 5.94. The van der Waals surface area contributed by atoms with E-state index in [0.29, 0.717) is 12.2 Å². The Labute approximate surface area is 166 Å². The lowest BCUT2D eigenvalue weighted by Crippen LogP contribution is -2.23. The summed E-state index contributed by atoms with van der Waals surface area (Å²) in [6.45, 7) is 0.359. The summed E-state index contributed by atoms with van der Waals surface area (Å²) in [4.78, 5) is 16.4. The van der Waals surface area contributed by atoms with E-state index in [0.717, 1.165) is 11.3 Å². The highest BCUT2D eigenvalue weighted by Gasteiger charge is 2.24. The van der Waals surface area contributed by atoms with Crippen molar-refractivity contribution in [3.63, 3.8) is 0 Å². The lowest BCUT2D eigenvalue weighted by molar-refractivity contribution is 0.0948. The van der Waals surface area contributed by atoms with Crippen LogP contribution in [0, 0.1) is 0 Å². The molecule has 3 aromatic rings. The summed E-state index contributed by atoms with van der Waals surface area (Å²) in [6.07, 6.45) is 1.55. The predicted octanol–water partition coefficient (Wildman–Crippen LogP) is 0.124. The van der Waals surface area contributed by atoms with Crippen molar-refractivity contribution >= 4 is 23.6 Å². The Kier molecular flexibility index (Phi) is 5.83. The number of nitrogens with two attached hydrogens (primary N) is 1. The first kappa shape index (κ1) is 19.9. The molecule has 0 aliphatic carbocycles. The molecule has 2 aromatic heterocycles. The molecule has 12 nitrogen and oxygen atoms in total. The largest absolute Gasteiger partial charge is 0.378 e. The van der Waals surface area contributed by atoms with Crippen molar-refractivity contribution in [1.82, 2.24) is 35.6 Å². The van der Waals surface area contributed by atoms with Gasteiger partial charge in [-0.2, -0.15) is 9.78 Å². The van der Waals surface area contributed by atoms with Crippen LogP contribution in [-0.4, -0.2) is 70.5 Å². The molecule has 0 bridgehead atoms. The standard InChI is InChI=1S/C17H22N10O2/c1-25(2)10-13-14(20-24-27(13)16-15(18)22-29-23-16)17(28)21-19-9-11-5-7-12(8-6-11)26(3)4/h5-9H,10H2,1-4H3,(H2,18,22)(H,21,28). The van der Waals surface area contributed by atoms with Gasteiger partial charge in [-0.15, -0.1) is 5.10 Å². The average Bonchev–Trinajstić information content (AvgIpc) is 3.27. The predicted molar refractivity (Wildman–Crippen MR) is 107 cm³/mol. The van der Waals surface area contributed by atoms with Crippen molar-refractivity contribution in [3.05, 3.63) is 41.2 Å². The van der Waals surface area contributed by atoms with Crippen LogP contribution in [0.2, 0.25) is 0 Å². The van der Waals surface area contributed by atoms with Crippen molar-refractivity contribution < 1.29 is 9.42 Å². The minimum Gasteiger partial charge on any atom is -0.378 e. The lowest BCUT2D eigenvalue weighted by Gasteiger charge is -2.11. The minimum absolute atomic E-state index is 0.0426. The third kappa shape index (κ3) is 4.55. The molecule has 2 heterocycles. The summed E-state index contributed by atoms with van der Waals surface area (Å²) >= 11 is 0. The zero-order valence-corrected chi connectivity index (χ0v) is 16.6. The molecule has 0 aliphatic rings. The fourth-order valence-electron chi connectivity index (χ4n) is 2.50. The molecule has 0 saturated heterocycles. The molecule has 0 unspecified atom stereocenters. The van der Waals surface area contributed by atoms with Gasteiger partial charge in [-0.25, -0.2) is 10.1 Å². The van der Waals surface area contributed by atoms with Crippen LogP contribution in [0.3, 0.4) is 0 Å². The van der Waals surface area contributed by atoms with Gasteiger partial charge in [-0.3, -0.25) is 4.79 Å². The van der Waals surface area contributed by atoms with Crippen molar-refractivity contribution in [2.45, 2.75) is 6.54 Å². The number of hydrogen-bond acceptors (Lipinski definition) is 10. The first-order valence-electron chi connectivity index (χ1n) is 8.65. The number of nitrogens with zero attached hydrogens (tertiary/aromatic N) is 8. The van der Waals surface area contributed by atoms with Gasteiger partial charge in [0.05, 0.1) is 11.9 Å². The molecule has 3 rings (SSSR count). The Balaban J connectivity index is 1.78. The second-order valence-corrected chi connectivity index (χ2v) is 6.69. The van der Waals surface area contributed by atoms with E-state index in [1.807, 2.05) is 62.3 Å². The Morgan fingerprint density at radius 1 is 1.24 bits per heavy atom. The normalized spacial score (nSPS) is 11.3. The summed E-state index contributed by atoms with van der Waals surface area (Å²) in [6, 6.07) is 7.72. The SMILES string of the molecule is CN(C)Cc1c(C(=O)NN=Cc2ccc(N(C)C)cc2)nnn1-c1nonc1N. The Bertz CT molecular complexity index is 1000. The van der Waals surface area contributed by atoms with Gasteiger partial charge >= 0.3 is 0 Å². The molecule has 152 valence electrons. The van der Waals surface area contributed by atoms with E-state index < -0.39 is 5.91 Å². The second kappa shape index (κ2) is 8.48. The van der Waals surface area contributed by atoms with Crippen LogP contribution in [0.5, 0.6) is 0 Å². The molecular weight excluding hydrogens is 376 g/mol. The molecule has 29 heavy (non-hydrogen) atoms. The summed E-state index contributed by atoms with van der Waals surface area (Å²) in [5, 5.41) is 19.2. The van der Waals surface area contributed by atoms with Crippen molar-refractivity contribution in [1.29, 1.82) is 0 Å². The van der Waals surface area contributed by atoms with Crippen molar-refractivity contribution in [2.75, 3.05) is 38.8 Å². The Hall–Kier alpha value is -3.80. The van der Waals surface area contributed by atoms with E-state index in [1.54, 1.807) is 6.21 Å². The maximum atomic E-state index is 12.6. The highest BCUT2D eigenvalue weighted by atomic mass is 16.6. The third-order valence-electron chi connectivity index (χ3n) is 3.93.